The van der Waals surface area contributed by atoms with E-state index in [1.165, 1.54) is 25.9 Å². The van der Waals surface area contributed by atoms with Crippen LogP contribution in [0.3, 0.4) is 0 Å². The second kappa shape index (κ2) is 5.43. The third-order valence-corrected chi connectivity index (χ3v) is 4.99. The monoisotopic (exact) mass is 282 g/mol. The van der Waals surface area contributed by atoms with Gasteiger partial charge in [-0.1, -0.05) is 18.5 Å². The van der Waals surface area contributed by atoms with Crippen molar-refractivity contribution in [3.05, 3.63) is 16.4 Å². The molecule has 19 heavy (non-hydrogen) atoms. The largest absolute Gasteiger partial charge is 0.312 e. The second-order valence-corrected chi connectivity index (χ2v) is 6.22. The van der Waals surface area contributed by atoms with Gasteiger partial charge in [0.05, 0.1) is 16.4 Å². The molecule has 2 fully saturated rings. The quantitative estimate of drug-likeness (QED) is 0.918. The number of nitrogens with zero attached hydrogens (tertiary/aromatic N) is 3. The Labute approximate surface area is 120 Å². The van der Waals surface area contributed by atoms with Crippen molar-refractivity contribution in [2.24, 2.45) is 13.0 Å². The summed E-state index contributed by atoms with van der Waals surface area (Å²) in [5.41, 5.74) is 2.19. The van der Waals surface area contributed by atoms with Crippen LogP contribution >= 0.6 is 11.6 Å². The molecule has 0 aliphatic carbocycles. The number of halogens is 1. The third-order valence-electron chi connectivity index (χ3n) is 4.55. The van der Waals surface area contributed by atoms with Gasteiger partial charge >= 0.3 is 0 Å². The van der Waals surface area contributed by atoms with Crippen molar-refractivity contribution in [1.82, 2.24) is 20.0 Å². The highest BCUT2D eigenvalue weighted by atomic mass is 35.5. The minimum atomic E-state index is 0.686. The fraction of sp³-hybridized carbons (Fsp3) is 0.786. The van der Waals surface area contributed by atoms with Crippen molar-refractivity contribution < 1.29 is 0 Å². The van der Waals surface area contributed by atoms with Crippen LogP contribution in [0.5, 0.6) is 0 Å². The predicted octanol–water partition coefficient (Wildman–Crippen LogP) is 1.82. The average molecular weight is 283 g/mol. The Kier molecular flexibility index (Phi) is 3.83. The maximum absolute atomic E-state index is 6.44. The summed E-state index contributed by atoms with van der Waals surface area (Å²) in [6.45, 7) is 6.55. The highest BCUT2D eigenvalue weighted by Gasteiger charge is 2.34. The van der Waals surface area contributed by atoms with Crippen LogP contribution in [0.1, 0.15) is 31.2 Å². The lowest BCUT2D eigenvalue weighted by atomic mass is 9.94. The van der Waals surface area contributed by atoms with E-state index in [4.69, 9.17) is 11.6 Å². The number of likely N-dealkylation sites (tertiary alicyclic amines) is 1. The lowest BCUT2D eigenvalue weighted by Gasteiger charge is -2.24. The number of aromatic nitrogens is 2. The number of nitrogens with one attached hydrogen (secondary N) is 1. The number of hydrogen-bond donors (Lipinski definition) is 1. The highest BCUT2D eigenvalue weighted by molar-refractivity contribution is 6.31. The van der Waals surface area contributed by atoms with Crippen LogP contribution in [0.15, 0.2) is 0 Å². The predicted molar refractivity (Wildman–Crippen MR) is 77.4 cm³/mol. The van der Waals surface area contributed by atoms with E-state index >= 15 is 0 Å². The van der Waals surface area contributed by atoms with Crippen LogP contribution < -0.4 is 5.32 Å². The fourth-order valence-corrected chi connectivity index (χ4v) is 3.82. The van der Waals surface area contributed by atoms with E-state index in [2.05, 4.69) is 22.2 Å². The molecule has 1 N–H and O–H groups in total. The number of hydrogen-bond acceptors (Lipinski definition) is 3. The lowest BCUT2D eigenvalue weighted by Crippen LogP contribution is -2.40. The number of fused-ring (bicyclic) bond motifs is 1. The average Bonchev–Trinajstić information content (AvgIpc) is 2.94. The van der Waals surface area contributed by atoms with Crippen molar-refractivity contribution in [1.29, 1.82) is 0 Å². The molecule has 3 heterocycles. The van der Waals surface area contributed by atoms with Gasteiger partial charge in [-0.15, -0.1) is 0 Å². The number of aryl methyl sites for hydroxylation is 2. The summed E-state index contributed by atoms with van der Waals surface area (Å²) in [6.07, 6.45) is 3.59. The van der Waals surface area contributed by atoms with Gasteiger partial charge in [0, 0.05) is 32.7 Å². The molecule has 0 unspecified atom stereocenters. The van der Waals surface area contributed by atoms with Gasteiger partial charge in [0.2, 0.25) is 0 Å². The van der Waals surface area contributed by atoms with Crippen molar-refractivity contribution in [2.75, 3.05) is 19.6 Å². The molecule has 1 aromatic heterocycles. The lowest BCUT2D eigenvalue weighted by molar-refractivity contribution is 0.304. The van der Waals surface area contributed by atoms with Gasteiger partial charge in [-0.2, -0.15) is 5.10 Å². The first kappa shape index (κ1) is 13.4. The summed E-state index contributed by atoms with van der Waals surface area (Å²) in [7, 11) is 2.00. The maximum atomic E-state index is 6.44. The van der Waals surface area contributed by atoms with Gasteiger partial charge in [-0.3, -0.25) is 9.58 Å². The van der Waals surface area contributed by atoms with Gasteiger partial charge < -0.3 is 5.32 Å². The van der Waals surface area contributed by atoms with Crippen LogP contribution in [0.4, 0.5) is 0 Å². The maximum Gasteiger partial charge on any atom is 0.0863 e. The van der Waals surface area contributed by atoms with E-state index in [-0.39, 0.29) is 0 Å². The molecule has 0 saturated carbocycles. The molecular weight excluding hydrogens is 260 g/mol. The van der Waals surface area contributed by atoms with Crippen LogP contribution in [0.2, 0.25) is 5.02 Å². The first-order chi connectivity index (χ1) is 9.19. The molecule has 4 nitrogen and oxygen atoms in total. The molecule has 2 aliphatic rings. The molecule has 1 aromatic rings. The van der Waals surface area contributed by atoms with E-state index in [0.29, 0.717) is 6.04 Å². The summed E-state index contributed by atoms with van der Waals surface area (Å²) in [5, 5.41) is 9.02. The van der Waals surface area contributed by atoms with Crippen molar-refractivity contribution in [2.45, 2.75) is 38.8 Å². The van der Waals surface area contributed by atoms with Gasteiger partial charge in [-0.05, 0) is 31.7 Å². The summed E-state index contributed by atoms with van der Waals surface area (Å²) in [4.78, 5) is 2.52. The van der Waals surface area contributed by atoms with E-state index in [0.717, 1.165) is 41.8 Å². The molecule has 2 aliphatic heterocycles. The van der Waals surface area contributed by atoms with E-state index in [1.807, 2.05) is 11.7 Å². The van der Waals surface area contributed by atoms with Crippen LogP contribution in [-0.4, -0.2) is 40.4 Å². The van der Waals surface area contributed by atoms with Gasteiger partial charge in [-0.25, -0.2) is 0 Å². The zero-order valence-electron chi connectivity index (χ0n) is 11.8. The minimum absolute atomic E-state index is 0.686. The van der Waals surface area contributed by atoms with Crippen LogP contribution in [-0.2, 0) is 20.0 Å². The Balaban J connectivity index is 1.70. The summed E-state index contributed by atoms with van der Waals surface area (Å²) in [6, 6.07) is 0.686. The molecule has 2 saturated heterocycles. The van der Waals surface area contributed by atoms with E-state index in [9.17, 15) is 0 Å². The molecular formula is C14H23ClN4. The molecule has 0 aromatic carbocycles. The summed E-state index contributed by atoms with van der Waals surface area (Å²) >= 11 is 6.44. The topological polar surface area (TPSA) is 33.1 Å². The Morgan fingerprint density at radius 2 is 2.26 bits per heavy atom. The van der Waals surface area contributed by atoms with E-state index < -0.39 is 0 Å². The van der Waals surface area contributed by atoms with Crippen molar-refractivity contribution in [3.63, 3.8) is 0 Å². The minimum Gasteiger partial charge on any atom is -0.312 e. The molecule has 5 heteroatoms. The summed E-state index contributed by atoms with van der Waals surface area (Å²) in [5.74, 6) is 0.825. The smallest absolute Gasteiger partial charge is 0.0863 e. The molecule has 3 rings (SSSR count). The molecule has 0 spiro atoms. The van der Waals surface area contributed by atoms with Gasteiger partial charge in [0.1, 0.15) is 0 Å². The second-order valence-electron chi connectivity index (χ2n) is 5.84. The highest BCUT2D eigenvalue weighted by Crippen LogP contribution is 2.28. The third kappa shape index (κ3) is 2.54. The Morgan fingerprint density at radius 1 is 1.42 bits per heavy atom. The first-order valence-corrected chi connectivity index (χ1v) is 7.72. The van der Waals surface area contributed by atoms with Gasteiger partial charge in [0.15, 0.2) is 0 Å². The SMILES string of the molecule is CCc1nn(C)c(CN2C[C@@H]3CCCN[C@@H]3C2)c1Cl. The number of rotatable bonds is 3. The molecule has 0 radical (unpaired) electrons. The Hall–Kier alpha value is -0.580. The van der Waals surface area contributed by atoms with Crippen LogP contribution in [0, 0.1) is 5.92 Å². The van der Waals surface area contributed by atoms with E-state index in [1.54, 1.807) is 0 Å². The molecule has 2 atom stereocenters. The summed E-state index contributed by atoms with van der Waals surface area (Å²) < 4.78 is 1.95. The zero-order chi connectivity index (χ0) is 13.4. The van der Waals surface area contributed by atoms with Crippen molar-refractivity contribution >= 4 is 11.6 Å². The van der Waals surface area contributed by atoms with Crippen molar-refractivity contribution in [3.8, 4) is 0 Å². The normalized spacial score (nSPS) is 27.7. The molecule has 0 bridgehead atoms. The Morgan fingerprint density at radius 3 is 2.95 bits per heavy atom. The fourth-order valence-electron chi connectivity index (χ4n) is 3.47. The van der Waals surface area contributed by atoms with Crippen LogP contribution in [0.25, 0.3) is 0 Å². The molecule has 0 amide bonds. The Bertz CT molecular complexity index is 443. The van der Waals surface area contributed by atoms with Gasteiger partial charge in [0.25, 0.3) is 0 Å². The zero-order valence-corrected chi connectivity index (χ0v) is 12.6. The first-order valence-electron chi connectivity index (χ1n) is 7.35. The molecule has 106 valence electrons. The number of piperidine rings is 1. The standard InChI is InChI=1S/C14H23ClN4/c1-3-11-14(15)13(18(2)17-11)9-19-7-10-5-4-6-16-12(10)8-19/h10,12,16H,3-9H2,1-2H3/t10-,12+/m0/s1.